The number of likely N-dealkylation sites (tertiary alicyclic amines) is 1. The summed E-state index contributed by atoms with van der Waals surface area (Å²) in [6.07, 6.45) is 0.0205. The Hall–Kier alpha value is -4.73. The van der Waals surface area contributed by atoms with Crippen molar-refractivity contribution in [2.75, 3.05) is 44.2 Å². The monoisotopic (exact) mass is 818 g/mol. The fraction of sp³-hybridized carbons (Fsp3) is 0.558. The summed E-state index contributed by atoms with van der Waals surface area (Å²) in [6, 6.07) is 14.0. The quantitative estimate of drug-likeness (QED) is 0.229. The molecule has 2 aromatic carbocycles. The van der Waals surface area contributed by atoms with E-state index in [4.69, 9.17) is 14.2 Å². The molecule has 58 heavy (non-hydrogen) atoms. The molecule has 14 nitrogen and oxygen atoms in total. The molecule has 1 saturated carbocycles. The molecule has 3 fully saturated rings. The van der Waals surface area contributed by atoms with Crippen molar-refractivity contribution in [1.29, 1.82) is 0 Å². The number of carbonyl (C=O) groups is 4. The van der Waals surface area contributed by atoms with E-state index in [-0.39, 0.29) is 50.3 Å². The smallest absolute Gasteiger partial charge is 0.410 e. The Kier molecular flexibility index (Phi) is 13.3. The number of ether oxygens (including phenoxy) is 3. The van der Waals surface area contributed by atoms with Crippen LogP contribution in [0.2, 0.25) is 0 Å². The number of nitrogens with zero attached hydrogens (tertiary/aromatic N) is 4. The molecule has 4 amide bonds. The molecular weight excluding hydrogens is 761 g/mol. The molecule has 3 aliphatic rings. The number of carbonyl (C=O) groups excluding carboxylic acids is 4. The number of aromatic nitrogens is 1. The van der Waals surface area contributed by atoms with E-state index < -0.39 is 41.0 Å². The second-order valence-corrected chi connectivity index (χ2v) is 18.4. The van der Waals surface area contributed by atoms with Crippen LogP contribution in [0.25, 0.3) is 10.4 Å². The minimum atomic E-state index is -0.943. The van der Waals surface area contributed by atoms with Crippen molar-refractivity contribution < 1.29 is 38.5 Å². The largest absolute Gasteiger partial charge is 0.490 e. The van der Waals surface area contributed by atoms with Gasteiger partial charge in [-0.25, -0.2) is 9.78 Å². The Morgan fingerprint density at radius 1 is 0.914 bits per heavy atom. The van der Waals surface area contributed by atoms with E-state index in [2.05, 4.69) is 20.5 Å². The molecule has 0 radical (unpaired) electrons. The number of anilines is 1. The lowest BCUT2D eigenvalue weighted by molar-refractivity contribution is -0.146. The highest BCUT2D eigenvalue weighted by Gasteiger charge is 2.44. The molecule has 0 unspecified atom stereocenters. The fourth-order valence-electron chi connectivity index (χ4n) is 7.33. The first-order valence-electron chi connectivity index (χ1n) is 20.1. The molecule has 0 bridgehead atoms. The maximum absolute atomic E-state index is 14.0. The number of hydrogen-bond donors (Lipinski definition) is 3. The first kappa shape index (κ1) is 42.9. The molecule has 1 aliphatic carbocycles. The van der Waals surface area contributed by atoms with Gasteiger partial charge in [0.05, 0.1) is 28.3 Å². The number of amides is 4. The molecule has 6 rings (SSSR count). The van der Waals surface area contributed by atoms with Gasteiger partial charge in [-0.15, -0.1) is 11.3 Å². The van der Waals surface area contributed by atoms with Crippen molar-refractivity contribution in [3.8, 4) is 16.2 Å². The van der Waals surface area contributed by atoms with Gasteiger partial charge in [0.15, 0.2) is 0 Å². The van der Waals surface area contributed by atoms with Crippen LogP contribution in [0.3, 0.4) is 0 Å². The summed E-state index contributed by atoms with van der Waals surface area (Å²) in [4.78, 5) is 63.8. The lowest BCUT2D eigenvalue weighted by Crippen LogP contribution is -2.58. The summed E-state index contributed by atoms with van der Waals surface area (Å²) in [7, 11) is 0. The highest BCUT2D eigenvalue weighted by Crippen LogP contribution is 2.31. The average molecular weight is 819 g/mol. The normalized spacial score (nSPS) is 21.6. The standard InChI is InChI=1S/C43H58N6O8S/c1-27-37(58-26-45-27)29-10-8-28(9-11-29)23-44-39(52)35-20-31(50)24-49(35)40(53)38(42(2,3)4)46-36(51)25-55-33-21-34(22-33)56-32-14-12-30(13-15-32)47-16-18-48(19-17-47)41(54)57-43(5,6)7/h8-15,26,31,33-35,38,50H,16-25H2,1-7H3,(H,44,52)(H,46,51)/t31-,33-,34-,35+,38-/m1/s1. The summed E-state index contributed by atoms with van der Waals surface area (Å²) in [6.45, 7) is 15.8. The predicted molar refractivity (Wildman–Crippen MR) is 221 cm³/mol. The molecule has 314 valence electrons. The van der Waals surface area contributed by atoms with Crippen LogP contribution in [0.5, 0.6) is 5.75 Å². The molecule has 0 spiro atoms. The van der Waals surface area contributed by atoms with Crippen molar-refractivity contribution in [3.63, 3.8) is 0 Å². The molecular formula is C43H58N6O8S. The molecule has 1 aromatic heterocycles. The van der Waals surface area contributed by atoms with Gasteiger partial charge in [-0.2, -0.15) is 0 Å². The number of rotatable bonds is 12. The SMILES string of the molecule is Cc1ncsc1-c1ccc(CNC(=O)[C@@H]2C[C@@H](O)CN2C(=O)[C@@H](NC(=O)CO[C@H]2C[C@H](Oc3ccc(N4CCN(C(=O)OC(C)(C)C)CC4)cc3)C2)C(C)(C)C)cc1. The number of β-amino-alcohol motifs (C(OH)–C–C–N with tert-alkyl or cyclic N) is 1. The molecule has 2 saturated heterocycles. The average Bonchev–Trinajstić information content (AvgIpc) is 3.78. The Morgan fingerprint density at radius 2 is 1.59 bits per heavy atom. The Balaban J connectivity index is 0.927. The minimum absolute atomic E-state index is 0.00218. The van der Waals surface area contributed by atoms with E-state index in [9.17, 15) is 24.3 Å². The zero-order chi connectivity index (χ0) is 41.8. The van der Waals surface area contributed by atoms with Crippen LogP contribution in [0.1, 0.15) is 72.1 Å². The first-order valence-corrected chi connectivity index (χ1v) is 21.0. The molecule has 3 aromatic rings. The number of aryl methyl sites for hydroxylation is 1. The van der Waals surface area contributed by atoms with Crippen molar-refractivity contribution in [1.82, 2.24) is 25.4 Å². The highest BCUT2D eigenvalue weighted by molar-refractivity contribution is 7.13. The Morgan fingerprint density at radius 3 is 2.19 bits per heavy atom. The number of thiazole rings is 1. The van der Waals surface area contributed by atoms with Crippen LogP contribution in [0, 0.1) is 12.3 Å². The maximum Gasteiger partial charge on any atom is 0.410 e. The third kappa shape index (κ3) is 11.1. The van der Waals surface area contributed by atoms with E-state index in [1.54, 1.807) is 16.2 Å². The summed E-state index contributed by atoms with van der Waals surface area (Å²) in [5, 5.41) is 16.4. The van der Waals surface area contributed by atoms with Gasteiger partial charge in [0.1, 0.15) is 36.1 Å². The van der Waals surface area contributed by atoms with E-state index in [1.807, 2.05) is 103 Å². The molecule has 3 heterocycles. The predicted octanol–water partition coefficient (Wildman–Crippen LogP) is 4.91. The molecule has 3 atom stereocenters. The van der Waals surface area contributed by atoms with Crippen molar-refractivity contribution in [2.24, 2.45) is 5.41 Å². The van der Waals surface area contributed by atoms with Gasteiger partial charge < -0.3 is 44.7 Å². The van der Waals surface area contributed by atoms with Crippen LogP contribution >= 0.6 is 11.3 Å². The summed E-state index contributed by atoms with van der Waals surface area (Å²) in [5.41, 5.74) is 4.60. The topological polar surface area (TPSA) is 163 Å². The summed E-state index contributed by atoms with van der Waals surface area (Å²) in [5.74, 6) is -0.465. The van der Waals surface area contributed by atoms with E-state index in [1.165, 1.54) is 4.90 Å². The van der Waals surface area contributed by atoms with E-state index in [0.717, 1.165) is 33.1 Å². The highest BCUT2D eigenvalue weighted by atomic mass is 32.1. The van der Waals surface area contributed by atoms with Crippen LogP contribution in [0.15, 0.2) is 54.0 Å². The number of piperazine rings is 1. The van der Waals surface area contributed by atoms with E-state index in [0.29, 0.717) is 39.0 Å². The van der Waals surface area contributed by atoms with Gasteiger partial charge in [0.2, 0.25) is 17.7 Å². The molecule has 15 heteroatoms. The van der Waals surface area contributed by atoms with Gasteiger partial charge in [-0.05, 0) is 68.5 Å². The van der Waals surface area contributed by atoms with Crippen LogP contribution in [-0.2, 0) is 30.4 Å². The Labute approximate surface area is 345 Å². The number of aliphatic hydroxyl groups is 1. The van der Waals surface area contributed by atoms with Crippen LogP contribution in [-0.4, -0.2) is 119 Å². The second-order valence-electron chi connectivity index (χ2n) is 17.5. The van der Waals surface area contributed by atoms with Crippen molar-refractivity contribution in [3.05, 3.63) is 65.3 Å². The lowest BCUT2D eigenvalue weighted by atomic mass is 9.85. The zero-order valence-corrected chi connectivity index (χ0v) is 35.5. The van der Waals surface area contributed by atoms with Gasteiger partial charge in [-0.3, -0.25) is 14.4 Å². The van der Waals surface area contributed by atoms with Crippen molar-refractivity contribution >= 4 is 40.8 Å². The van der Waals surface area contributed by atoms with Gasteiger partial charge in [0, 0.05) is 64.2 Å². The van der Waals surface area contributed by atoms with Gasteiger partial charge in [0.25, 0.3) is 0 Å². The van der Waals surface area contributed by atoms with Crippen LogP contribution in [0.4, 0.5) is 10.5 Å². The van der Waals surface area contributed by atoms with Gasteiger partial charge >= 0.3 is 6.09 Å². The number of benzene rings is 2. The third-order valence-electron chi connectivity index (χ3n) is 10.6. The second kappa shape index (κ2) is 18.0. The Bertz CT molecular complexity index is 1890. The molecule has 3 N–H and O–H groups in total. The molecule has 2 aliphatic heterocycles. The number of aliphatic hydroxyl groups excluding tert-OH is 1. The van der Waals surface area contributed by atoms with Gasteiger partial charge in [-0.1, -0.05) is 45.0 Å². The third-order valence-corrected chi connectivity index (χ3v) is 11.6. The number of nitrogens with one attached hydrogen (secondary N) is 2. The van der Waals surface area contributed by atoms with Crippen LogP contribution < -0.4 is 20.3 Å². The van der Waals surface area contributed by atoms with Crippen molar-refractivity contribution in [2.45, 2.75) is 110 Å². The maximum atomic E-state index is 14.0. The summed E-state index contributed by atoms with van der Waals surface area (Å²) >= 11 is 1.58. The first-order chi connectivity index (χ1) is 27.4. The fourth-order valence-corrected chi connectivity index (χ4v) is 8.14. The zero-order valence-electron chi connectivity index (χ0n) is 34.7. The lowest BCUT2D eigenvalue weighted by Gasteiger charge is -2.37. The summed E-state index contributed by atoms with van der Waals surface area (Å²) < 4.78 is 17.6. The number of hydrogen-bond acceptors (Lipinski definition) is 11. The minimum Gasteiger partial charge on any atom is -0.490 e. The van der Waals surface area contributed by atoms with E-state index >= 15 is 0 Å².